The number of allylic oxidation sites excluding steroid dienone is 1. The highest BCUT2D eigenvalue weighted by Gasteiger charge is 2.32. The van der Waals surface area contributed by atoms with Crippen molar-refractivity contribution in [1.82, 2.24) is 4.57 Å². The van der Waals surface area contributed by atoms with Gasteiger partial charge in [-0.05, 0) is 48.9 Å². The van der Waals surface area contributed by atoms with Crippen molar-refractivity contribution in [2.45, 2.75) is 13.0 Å². The molecule has 1 aliphatic rings. The Morgan fingerprint density at radius 2 is 1.76 bits per heavy atom. The third-order valence-corrected chi connectivity index (χ3v) is 7.12. The van der Waals surface area contributed by atoms with Gasteiger partial charge in [-0.1, -0.05) is 59.9 Å². The maximum absolute atomic E-state index is 13.8. The summed E-state index contributed by atoms with van der Waals surface area (Å²) in [6, 6.07) is 23.4. The lowest BCUT2D eigenvalue weighted by Crippen LogP contribution is -2.40. The number of methoxy groups -OCH3 is 2. The fourth-order valence-electron chi connectivity index (χ4n) is 4.39. The van der Waals surface area contributed by atoms with Crippen LogP contribution in [0, 0.1) is 0 Å². The van der Waals surface area contributed by atoms with Gasteiger partial charge in [0.25, 0.3) is 11.5 Å². The first kappa shape index (κ1) is 24.3. The van der Waals surface area contributed by atoms with Gasteiger partial charge in [-0.25, -0.2) is 4.99 Å². The molecular formula is C29H25N3O4S. The lowest BCUT2D eigenvalue weighted by Gasteiger charge is -2.25. The van der Waals surface area contributed by atoms with Gasteiger partial charge in [0.2, 0.25) is 0 Å². The number of benzene rings is 3. The summed E-state index contributed by atoms with van der Waals surface area (Å²) in [5.74, 6) is 0.974. The topological polar surface area (TPSA) is 81.9 Å². The van der Waals surface area contributed by atoms with Crippen molar-refractivity contribution in [1.29, 1.82) is 0 Å². The summed E-state index contributed by atoms with van der Waals surface area (Å²) < 4.78 is 13.0. The third kappa shape index (κ3) is 4.71. The average Bonchev–Trinajstić information content (AvgIpc) is 3.22. The zero-order valence-electron chi connectivity index (χ0n) is 20.6. The molecule has 0 radical (unpaired) electrons. The molecule has 2 heterocycles. The van der Waals surface area contributed by atoms with E-state index in [1.807, 2.05) is 78.9 Å². The normalized spacial score (nSPS) is 15.1. The zero-order chi connectivity index (χ0) is 25.9. The molecule has 1 atom stereocenters. The molecule has 1 N–H and O–H groups in total. The third-order valence-electron chi connectivity index (χ3n) is 6.13. The van der Waals surface area contributed by atoms with Crippen LogP contribution in [0.4, 0.5) is 5.69 Å². The van der Waals surface area contributed by atoms with Gasteiger partial charge in [0, 0.05) is 11.3 Å². The quantitative estimate of drug-likeness (QED) is 0.426. The molecule has 186 valence electrons. The van der Waals surface area contributed by atoms with Crippen molar-refractivity contribution in [3.63, 3.8) is 0 Å². The van der Waals surface area contributed by atoms with E-state index >= 15 is 0 Å². The number of hydrogen-bond acceptors (Lipinski definition) is 6. The van der Waals surface area contributed by atoms with Gasteiger partial charge in [-0.3, -0.25) is 14.2 Å². The summed E-state index contributed by atoms with van der Waals surface area (Å²) in [6.07, 6.45) is 1.80. The number of amides is 1. The standard InChI is InChI=1S/C29H25N3O4S/c1-18-25(27(33)31-21-12-5-4-6-13-21)26(20-11-9-14-22(16-20)35-2)32-28(34)24(37-29(32)30-18)17-19-10-7-8-15-23(19)36-3/h4-17,26H,1-3H3,(H,31,33)/b24-17+. The summed E-state index contributed by atoms with van der Waals surface area (Å²) in [5, 5.41) is 2.96. The summed E-state index contributed by atoms with van der Waals surface area (Å²) in [5.41, 5.74) is 2.90. The van der Waals surface area contributed by atoms with Gasteiger partial charge in [0.05, 0.1) is 36.1 Å². The van der Waals surface area contributed by atoms with Crippen LogP contribution in [0.25, 0.3) is 6.08 Å². The number of hydrogen-bond donors (Lipinski definition) is 1. The molecule has 1 aromatic heterocycles. The number of nitrogens with one attached hydrogen (secondary N) is 1. The molecule has 0 bridgehead atoms. The maximum atomic E-state index is 13.8. The van der Waals surface area contributed by atoms with Crippen molar-refractivity contribution >= 4 is 29.0 Å². The van der Waals surface area contributed by atoms with E-state index in [1.54, 1.807) is 31.8 Å². The van der Waals surface area contributed by atoms with Crippen molar-refractivity contribution in [2.75, 3.05) is 19.5 Å². The molecule has 8 heteroatoms. The molecule has 0 fully saturated rings. The highest BCUT2D eigenvalue weighted by molar-refractivity contribution is 7.07. The molecule has 0 aliphatic carbocycles. The average molecular weight is 512 g/mol. The summed E-state index contributed by atoms with van der Waals surface area (Å²) in [4.78, 5) is 32.7. The van der Waals surface area contributed by atoms with Crippen molar-refractivity contribution in [3.8, 4) is 11.5 Å². The first-order chi connectivity index (χ1) is 18.0. The first-order valence-corrected chi connectivity index (χ1v) is 12.5. The van der Waals surface area contributed by atoms with Crippen LogP contribution in [0.3, 0.4) is 0 Å². The Balaban J connectivity index is 1.70. The number of para-hydroxylation sites is 2. The number of carbonyl (C=O) groups excluding carboxylic acids is 1. The van der Waals surface area contributed by atoms with E-state index in [0.29, 0.717) is 37.8 Å². The minimum Gasteiger partial charge on any atom is -0.497 e. The van der Waals surface area contributed by atoms with E-state index < -0.39 is 6.04 Å². The second-order valence-electron chi connectivity index (χ2n) is 8.42. The van der Waals surface area contributed by atoms with Crippen LogP contribution in [-0.2, 0) is 4.79 Å². The van der Waals surface area contributed by atoms with E-state index in [1.165, 1.54) is 11.3 Å². The minimum absolute atomic E-state index is 0.236. The molecule has 7 nitrogen and oxygen atoms in total. The highest BCUT2D eigenvalue weighted by Crippen LogP contribution is 2.32. The fourth-order valence-corrected chi connectivity index (χ4v) is 5.42. The van der Waals surface area contributed by atoms with Gasteiger partial charge in [-0.15, -0.1) is 0 Å². The van der Waals surface area contributed by atoms with E-state index in [9.17, 15) is 9.59 Å². The van der Waals surface area contributed by atoms with Crippen molar-refractivity contribution in [2.24, 2.45) is 4.99 Å². The first-order valence-electron chi connectivity index (χ1n) is 11.7. The molecule has 3 aromatic carbocycles. The SMILES string of the molecule is COc1cccc(C2C(C(=O)Nc3ccccc3)=C(C)N=c3s/c(=C/c4ccccc4OC)c(=O)n32)c1. The Hall–Kier alpha value is -4.43. The number of rotatable bonds is 6. The fraction of sp³-hybridized carbons (Fsp3) is 0.138. The minimum atomic E-state index is -0.685. The lowest BCUT2D eigenvalue weighted by molar-refractivity contribution is -0.113. The molecular weight excluding hydrogens is 486 g/mol. The predicted octanol–water partition coefficient (Wildman–Crippen LogP) is 3.89. The van der Waals surface area contributed by atoms with Crippen LogP contribution in [0.15, 0.2) is 99.9 Å². The Morgan fingerprint density at radius 3 is 2.51 bits per heavy atom. The zero-order valence-corrected chi connectivity index (χ0v) is 21.4. The Labute approximate surface area is 217 Å². The molecule has 5 rings (SSSR count). The molecule has 0 saturated heterocycles. The van der Waals surface area contributed by atoms with E-state index in [4.69, 9.17) is 14.5 Å². The number of nitrogens with zero attached hydrogens (tertiary/aromatic N) is 2. The van der Waals surface area contributed by atoms with Crippen molar-refractivity contribution in [3.05, 3.63) is 121 Å². The number of aromatic nitrogens is 1. The van der Waals surface area contributed by atoms with Crippen LogP contribution < -0.4 is 29.7 Å². The maximum Gasteiger partial charge on any atom is 0.271 e. The number of ether oxygens (including phenoxy) is 2. The van der Waals surface area contributed by atoms with Gasteiger partial charge < -0.3 is 14.8 Å². The Morgan fingerprint density at radius 1 is 1.00 bits per heavy atom. The number of carbonyl (C=O) groups is 1. The van der Waals surface area contributed by atoms with Gasteiger partial charge in [0.15, 0.2) is 4.80 Å². The molecule has 0 spiro atoms. The highest BCUT2D eigenvalue weighted by atomic mass is 32.1. The molecule has 4 aromatic rings. The second-order valence-corrected chi connectivity index (χ2v) is 9.43. The molecule has 1 unspecified atom stereocenters. The van der Waals surface area contributed by atoms with E-state index in [-0.39, 0.29) is 11.5 Å². The van der Waals surface area contributed by atoms with Crippen LogP contribution in [0.1, 0.15) is 24.1 Å². The molecule has 1 aliphatic heterocycles. The molecule has 0 saturated carbocycles. The van der Waals surface area contributed by atoms with Gasteiger partial charge in [-0.2, -0.15) is 0 Å². The summed E-state index contributed by atoms with van der Waals surface area (Å²) in [6.45, 7) is 1.80. The molecule has 37 heavy (non-hydrogen) atoms. The Bertz CT molecular complexity index is 1690. The van der Waals surface area contributed by atoms with Gasteiger partial charge >= 0.3 is 0 Å². The number of fused-ring (bicyclic) bond motifs is 1. The summed E-state index contributed by atoms with van der Waals surface area (Å²) in [7, 11) is 3.18. The van der Waals surface area contributed by atoms with Crippen LogP contribution in [-0.4, -0.2) is 24.7 Å². The largest absolute Gasteiger partial charge is 0.497 e. The monoisotopic (exact) mass is 511 g/mol. The van der Waals surface area contributed by atoms with Gasteiger partial charge in [0.1, 0.15) is 11.5 Å². The Kier molecular flexibility index (Phi) is 6.74. The van der Waals surface area contributed by atoms with E-state index in [0.717, 1.165) is 11.1 Å². The van der Waals surface area contributed by atoms with Crippen molar-refractivity contribution < 1.29 is 14.3 Å². The number of thiazole rings is 1. The lowest BCUT2D eigenvalue weighted by atomic mass is 9.95. The predicted molar refractivity (Wildman–Crippen MR) is 145 cm³/mol. The summed E-state index contributed by atoms with van der Waals surface area (Å²) >= 11 is 1.28. The van der Waals surface area contributed by atoms with Crippen LogP contribution in [0.5, 0.6) is 11.5 Å². The number of anilines is 1. The van der Waals surface area contributed by atoms with E-state index in [2.05, 4.69) is 5.32 Å². The molecule has 1 amide bonds. The van der Waals surface area contributed by atoms with Crippen LogP contribution >= 0.6 is 11.3 Å². The van der Waals surface area contributed by atoms with Crippen LogP contribution in [0.2, 0.25) is 0 Å². The smallest absolute Gasteiger partial charge is 0.271 e. The second kappa shape index (κ2) is 10.3.